The highest BCUT2D eigenvalue weighted by Crippen LogP contribution is 2.15. The molecule has 0 bridgehead atoms. The molecule has 0 aliphatic carbocycles. The van der Waals surface area contributed by atoms with Crippen molar-refractivity contribution < 1.29 is 14.3 Å². The predicted molar refractivity (Wildman–Crippen MR) is 66.1 cm³/mol. The van der Waals surface area contributed by atoms with Crippen LogP contribution in [0.5, 0.6) is 5.75 Å². The highest BCUT2D eigenvalue weighted by atomic mass is 16.3. The molecule has 3 heteroatoms. The molecule has 0 spiro atoms. The van der Waals surface area contributed by atoms with E-state index in [4.69, 9.17) is 0 Å². The van der Waals surface area contributed by atoms with Crippen molar-refractivity contribution in [3.63, 3.8) is 0 Å². The van der Waals surface area contributed by atoms with Crippen LogP contribution in [-0.2, 0) is 6.42 Å². The number of carbonyl (C=O) groups excluding carboxylic acids is 1. The minimum Gasteiger partial charge on any atom is -0.508 e. The highest BCUT2D eigenvalue weighted by molar-refractivity contribution is 5.69. The zero-order valence-electron chi connectivity index (χ0n) is 9.37. The maximum Gasteiger partial charge on any atom is 0.185 e. The summed E-state index contributed by atoms with van der Waals surface area (Å²) in [7, 11) is 0. The van der Waals surface area contributed by atoms with Crippen molar-refractivity contribution in [3.05, 3.63) is 66.6 Å². The molecule has 1 heterocycles. The molecule has 0 fully saturated rings. The SMILES string of the molecule is C=CCc1ccccc1O.O=Cc1ccco1. The standard InChI is InChI=1S/C9H10O.C5H4O2/c1-2-5-8-6-3-4-7-9(8)10;6-4-5-2-1-3-7-5/h2-4,6-7,10H,1,5H2;1-4H. The average Bonchev–Trinajstić information content (AvgIpc) is 2.86. The van der Waals surface area contributed by atoms with Crippen LogP contribution in [-0.4, -0.2) is 11.4 Å². The Kier molecular flexibility index (Phi) is 5.31. The molecule has 0 unspecified atom stereocenters. The van der Waals surface area contributed by atoms with Gasteiger partial charge in [-0.25, -0.2) is 0 Å². The van der Waals surface area contributed by atoms with Gasteiger partial charge in [0.15, 0.2) is 12.0 Å². The van der Waals surface area contributed by atoms with E-state index in [2.05, 4.69) is 11.0 Å². The number of hydrogen-bond acceptors (Lipinski definition) is 3. The molecular weight excluding hydrogens is 216 g/mol. The molecular formula is C14H14O3. The fourth-order valence-corrected chi connectivity index (χ4v) is 1.20. The summed E-state index contributed by atoms with van der Waals surface area (Å²) >= 11 is 0. The van der Waals surface area contributed by atoms with Crippen LogP contribution in [0.3, 0.4) is 0 Å². The molecule has 0 saturated heterocycles. The minimum absolute atomic E-state index is 0.349. The van der Waals surface area contributed by atoms with E-state index in [0.717, 1.165) is 12.0 Å². The van der Waals surface area contributed by atoms with E-state index in [1.54, 1.807) is 24.3 Å². The number of phenolic OH excluding ortho intramolecular Hbond substituents is 1. The van der Waals surface area contributed by atoms with Crippen LogP contribution in [0.4, 0.5) is 0 Å². The Morgan fingerprint density at radius 2 is 2.00 bits per heavy atom. The lowest BCUT2D eigenvalue weighted by Gasteiger charge is -1.97. The van der Waals surface area contributed by atoms with Crippen molar-refractivity contribution in [3.8, 4) is 5.75 Å². The quantitative estimate of drug-likeness (QED) is 0.650. The molecule has 3 nitrogen and oxygen atoms in total. The molecule has 0 amide bonds. The van der Waals surface area contributed by atoms with Gasteiger partial charge in [-0.15, -0.1) is 6.58 Å². The lowest BCUT2D eigenvalue weighted by atomic mass is 10.1. The lowest BCUT2D eigenvalue weighted by Crippen LogP contribution is -1.79. The fraction of sp³-hybridized carbons (Fsp3) is 0.0714. The monoisotopic (exact) mass is 230 g/mol. The number of furan rings is 1. The molecule has 1 aromatic heterocycles. The largest absolute Gasteiger partial charge is 0.508 e. The second-order valence-corrected chi connectivity index (χ2v) is 3.25. The summed E-state index contributed by atoms with van der Waals surface area (Å²) in [5, 5.41) is 9.19. The second-order valence-electron chi connectivity index (χ2n) is 3.25. The van der Waals surface area contributed by atoms with Crippen molar-refractivity contribution in [2.24, 2.45) is 0 Å². The second kappa shape index (κ2) is 7.06. The van der Waals surface area contributed by atoms with E-state index in [-0.39, 0.29) is 0 Å². The first-order chi connectivity index (χ1) is 8.27. The summed E-state index contributed by atoms with van der Waals surface area (Å²) in [5.74, 6) is 0.724. The minimum atomic E-state index is 0.349. The van der Waals surface area contributed by atoms with Gasteiger partial charge in [-0.2, -0.15) is 0 Å². The Labute approximate surface area is 100 Å². The summed E-state index contributed by atoms with van der Waals surface area (Å²) < 4.78 is 4.61. The van der Waals surface area contributed by atoms with Crippen LogP contribution >= 0.6 is 0 Å². The third kappa shape index (κ3) is 4.38. The number of carbonyl (C=O) groups is 1. The van der Waals surface area contributed by atoms with Gasteiger partial charge < -0.3 is 9.52 Å². The van der Waals surface area contributed by atoms with Gasteiger partial charge in [-0.05, 0) is 30.2 Å². The maximum atomic E-state index is 9.77. The van der Waals surface area contributed by atoms with E-state index < -0.39 is 0 Å². The molecule has 0 aliphatic rings. The van der Waals surface area contributed by atoms with Crippen LogP contribution < -0.4 is 0 Å². The lowest BCUT2D eigenvalue weighted by molar-refractivity contribution is 0.110. The van der Waals surface area contributed by atoms with Crippen LogP contribution in [0, 0.1) is 0 Å². The number of hydrogen-bond donors (Lipinski definition) is 1. The van der Waals surface area contributed by atoms with Gasteiger partial charge >= 0.3 is 0 Å². The van der Waals surface area contributed by atoms with Crippen LogP contribution in [0.1, 0.15) is 16.1 Å². The number of aldehydes is 1. The molecule has 1 aromatic carbocycles. The van der Waals surface area contributed by atoms with E-state index >= 15 is 0 Å². The summed E-state index contributed by atoms with van der Waals surface area (Å²) in [6.07, 6.45) is 4.63. The zero-order chi connectivity index (χ0) is 12.5. The first-order valence-corrected chi connectivity index (χ1v) is 5.14. The Morgan fingerprint density at radius 3 is 2.47 bits per heavy atom. The number of benzene rings is 1. The summed E-state index contributed by atoms with van der Waals surface area (Å²) in [4.78, 5) is 9.77. The number of aromatic hydroxyl groups is 1. The van der Waals surface area contributed by atoms with E-state index in [1.807, 2.05) is 18.2 Å². The van der Waals surface area contributed by atoms with Crippen molar-refractivity contribution >= 4 is 6.29 Å². The molecule has 2 rings (SSSR count). The zero-order valence-corrected chi connectivity index (χ0v) is 9.37. The summed E-state index contributed by atoms with van der Waals surface area (Å²) in [5.41, 5.74) is 0.928. The fourth-order valence-electron chi connectivity index (χ4n) is 1.20. The first kappa shape index (κ1) is 12.8. The van der Waals surface area contributed by atoms with Crippen LogP contribution in [0.2, 0.25) is 0 Å². The van der Waals surface area contributed by atoms with Gasteiger partial charge in [0.25, 0.3) is 0 Å². The van der Waals surface area contributed by atoms with E-state index in [0.29, 0.717) is 17.8 Å². The molecule has 2 aromatic rings. The van der Waals surface area contributed by atoms with Crippen molar-refractivity contribution in [1.29, 1.82) is 0 Å². The van der Waals surface area contributed by atoms with Gasteiger partial charge in [0, 0.05) is 0 Å². The Balaban J connectivity index is 0.000000181. The van der Waals surface area contributed by atoms with E-state index in [9.17, 15) is 9.90 Å². The number of para-hydroxylation sites is 1. The highest BCUT2D eigenvalue weighted by Gasteiger charge is 1.93. The van der Waals surface area contributed by atoms with E-state index in [1.165, 1.54) is 6.26 Å². The Hall–Kier alpha value is -2.29. The van der Waals surface area contributed by atoms with Crippen molar-refractivity contribution in [2.75, 3.05) is 0 Å². The maximum absolute atomic E-state index is 9.77. The Morgan fingerprint density at radius 1 is 1.24 bits per heavy atom. The van der Waals surface area contributed by atoms with Gasteiger partial charge in [0.05, 0.1) is 6.26 Å². The molecule has 0 radical (unpaired) electrons. The molecule has 17 heavy (non-hydrogen) atoms. The van der Waals surface area contributed by atoms with Crippen LogP contribution in [0.15, 0.2) is 59.7 Å². The van der Waals surface area contributed by atoms with Gasteiger partial charge in [-0.1, -0.05) is 24.3 Å². The summed E-state index contributed by atoms with van der Waals surface area (Å²) in [6, 6.07) is 10.5. The third-order valence-corrected chi connectivity index (χ3v) is 2.02. The van der Waals surface area contributed by atoms with Gasteiger partial charge in [-0.3, -0.25) is 4.79 Å². The van der Waals surface area contributed by atoms with Gasteiger partial charge in [0.2, 0.25) is 0 Å². The smallest absolute Gasteiger partial charge is 0.185 e. The topological polar surface area (TPSA) is 50.4 Å². The molecule has 0 saturated carbocycles. The number of allylic oxidation sites excluding steroid dienone is 1. The molecule has 0 atom stereocenters. The van der Waals surface area contributed by atoms with Gasteiger partial charge in [0.1, 0.15) is 5.75 Å². The van der Waals surface area contributed by atoms with Crippen LogP contribution in [0.25, 0.3) is 0 Å². The summed E-state index contributed by atoms with van der Waals surface area (Å²) in [6.45, 7) is 3.59. The average molecular weight is 230 g/mol. The number of rotatable bonds is 3. The molecule has 1 N–H and O–H groups in total. The normalized spacial score (nSPS) is 8.94. The number of phenols is 1. The first-order valence-electron chi connectivity index (χ1n) is 5.14. The molecule has 0 aliphatic heterocycles. The predicted octanol–water partition coefficient (Wildman–Crippen LogP) is 3.21. The molecule has 88 valence electrons. The third-order valence-electron chi connectivity index (χ3n) is 2.02. The Bertz CT molecular complexity index is 458. The van der Waals surface area contributed by atoms with Crippen molar-refractivity contribution in [1.82, 2.24) is 0 Å². The van der Waals surface area contributed by atoms with Crippen molar-refractivity contribution in [2.45, 2.75) is 6.42 Å².